The number of hydrogen-bond acceptors (Lipinski definition) is 4. The molecule has 1 rings (SSSR count). The van der Waals surface area contributed by atoms with E-state index in [2.05, 4.69) is 6.58 Å². The Hall–Kier alpha value is -0.920. The number of halogens is 1. The van der Waals surface area contributed by atoms with Gasteiger partial charge in [-0.2, -0.15) is 4.31 Å². The predicted molar refractivity (Wildman–Crippen MR) is 78.2 cm³/mol. The molecule has 20 heavy (non-hydrogen) atoms. The molecular formula is C13H18ClNO4S. The molecule has 2 N–H and O–H groups in total. The molecule has 0 heterocycles. The fourth-order valence-electron chi connectivity index (χ4n) is 1.84. The molecule has 0 bridgehead atoms. The zero-order chi connectivity index (χ0) is 15.3. The van der Waals surface area contributed by atoms with Gasteiger partial charge in [-0.3, -0.25) is 0 Å². The molecule has 0 aliphatic rings. The fourth-order valence-corrected chi connectivity index (χ4v) is 3.85. The van der Waals surface area contributed by atoms with Gasteiger partial charge in [0.2, 0.25) is 10.0 Å². The van der Waals surface area contributed by atoms with Crippen molar-refractivity contribution < 1.29 is 18.6 Å². The number of benzene rings is 1. The second-order valence-electron chi connectivity index (χ2n) is 4.22. The van der Waals surface area contributed by atoms with Crippen LogP contribution in [0.1, 0.15) is 11.1 Å². The van der Waals surface area contributed by atoms with Crippen molar-refractivity contribution in [2.24, 2.45) is 0 Å². The van der Waals surface area contributed by atoms with Crippen molar-refractivity contribution in [1.29, 1.82) is 0 Å². The normalized spacial score (nSPS) is 11.8. The SMILES string of the molecule is C=CCN(CCO)S(=O)(=O)c1cc(Cl)cc(CO)c1C. The zero-order valence-electron chi connectivity index (χ0n) is 11.2. The van der Waals surface area contributed by atoms with E-state index in [9.17, 15) is 13.5 Å². The monoisotopic (exact) mass is 319 g/mol. The lowest BCUT2D eigenvalue weighted by Crippen LogP contribution is -2.34. The van der Waals surface area contributed by atoms with Crippen LogP contribution in [-0.4, -0.2) is 42.6 Å². The Balaban J connectivity index is 3.40. The number of aliphatic hydroxyl groups is 2. The first-order chi connectivity index (χ1) is 9.38. The average Bonchev–Trinajstić information content (AvgIpc) is 2.40. The molecule has 0 spiro atoms. The predicted octanol–water partition coefficient (Wildman–Crippen LogP) is 1.31. The van der Waals surface area contributed by atoms with Gasteiger partial charge >= 0.3 is 0 Å². The fraction of sp³-hybridized carbons (Fsp3) is 0.385. The van der Waals surface area contributed by atoms with Crippen LogP contribution < -0.4 is 0 Å². The van der Waals surface area contributed by atoms with Gasteiger partial charge in [-0.1, -0.05) is 17.7 Å². The number of nitrogens with zero attached hydrogens (tertiary/aromatic N) is 1. The van der Waals surface area contributed by atoms with Crippen molar-refractivity contribution in [3.63, 3.8) is 0 Å². The summed E-state index contributed by atoms with van der Waals surface area (Å²) in [7, 11) is -3.80. The summed E-state index contributed by atoms with van der Waals surface area (Å²) in [5.41, 5.74) is 0.905. The van der Waals surface area contributed by atoms with Gasteiger partial charge in [0.05, 0.1) is 18.1 Å². The average molecular weight is 320 g/mol. The first-order valence-electron chi connectivity index (χ1n) is 6.00. The summed E-state index contributed by atoms with van der Waals surface area (Å²) in [5, 5.41) is 18.5. The molecule has 0 aliphatic carbocycles. The molecule has 0 amide bonds. The molecule has 1 aromatic rings. The van der Waals surface area contributed by atoms with Crippen LogP contribution in [0.5, 0.6) is 0 Å². The van der Waals surface area contributed by atoms with Crippen molar-refractivity contribution in [2.75, 3.05) is 19.7 Å². The van der Waals surface area contributed by atoms with Crippen molar-refractivity contribution in [3.05, 3.63) is 40.9 Å². The highest BCUT2D eigenvalue weighted by Gasteiger charge is 2.26. The second kappa shape index (κ2) is 7.19. The minimum atomic E-state index is -3.80. The number of aliphatic hydroxyl groups excluding tert-OH is 2. The summed E-state index contributed by atoms with van der Waals surface area (Å²) >= 11 is 5.90. The van der Waals surface area contributed by atoms with Gasteiger partial charge in [0, 0.05) is 18.1 Å². The van der Waals surface area contributed by atoms with Crippen molar-refractivity contribution in [3.8, 4) is 0 Å². The summed E-state index contributed by atoms with van der Waals surface area (Å²) in [6.07, 6.45) is 1.44. The summed E-state index contributed by atoms with van der Waals surface area (Å²) in [5.74, 6) is 0. The standard InChI is InChI=1S/C13H18ClNO4S/c1-3-4-15(5-6-16)20(18,19)13-8-12(14)7-11(9-17)10(13)2/h3,7-8,16-17H,1,4-6,9H2,2H3. The van der Waals surface area contributed by atoms with E-state index in [1.807, 2.05) is 0 Å². The number of rotatable bonds is 7. The molecule has 0 fully saturated rings. The van der Waals surface area contributed by atoms with Crippen LogP contribution in [0.15, 0.2) is 29.7 Å². The molecule has 0 saturated heterocycles. The summed E-state index contributed by atoms with van der Waals surface area (Å²) in [4.78, 5) is 0.0318. The van der Waals surface area contributed by atoms with Crippen LogP contribution in [0.4, 0.5) is 0 Å². The maximum Gasteiger partial charge on any atom is 0.243 e. The van der Waals surface area contributed by atoms with E-state index in [4.69, 9.17) is 16.7 Å². The van der Waals surface area contributed by atoms with E-state index in [0.29, 0.717) is 11.1 Å². The van der Waals surface area contributed by atoms with Gasteiger partial charge in [0.1, 0.15) is 0 Å². The number of sulfonamides is 1. The lowest BCUT2D eigenvalue weighted by molar-refractivity contribution is 0.260. The maximum absolute atomic E-state index is 12.6. The Kier molecular flexibility index (Phi) is 6.16. The molecule has 0 atom stereocenters. The molecule has 1 aromatic carbocycles. The lowest BCUT2D eigenvalue weighted by Gasteiger charge is -2.21. The molecule has 0 aromatic heterocycles. The topological polar surface area (TPSA) is 77.8 Å². The highest BCUT2D eigenvalue weighted by atomic mass is 35.5. The van der Waals surface area contributed by atoms with Crippen LogP contribution in [0.2, 0.25) is 5.02 Å². The van der Waals surface area contributed by atoms with Crippen molar-refractivity contribution in [2.45, 2.75) is 18.4 Å². The minimum absolute atomic E-state index is 0.0318. The van der Waals surface area contributed by atoms with Gasteiger partial charge in [-0.25, -0.2) is 8.42 Å². The van der Waals surface area contributed by atoms with Crippen molar-refractivity contribution in [1.82, 2.24) is 4.31 Å². The van der Waals surface area contributed by atoms with E-state index < -0.39 is 10.0 Å². The van der Waals surface area contributed by atoms with Crippen LogP contribution in [0, 0.1) is 6.92 Å². The minimum Gasteiger partial charge on any atom is -0.395 e. The third-order valence-corrected chi connectivity index (χ3v) is 5.11. The molecule has 0 radical (unpaired) electrons. The Morgan fingerprint density at radius 2 is 2.05 bits per heavy atom. The Labute approximate surface area is 124 Å². The number of hydrogen-bond donors (Lipinski definition) is 2. The van der Waals surface area contributed by atoms with Gasteiger partial charge in [-0.05, 0) is 30.2 Å². The summed E-state index contributed by atoms with van der Waals surface area (Å²) in [6, 6.07) is 2.87. The van der Waals surface area contributed by atoms with Gasteiger partial charge in [0.25, 0.3) is 0 Å². The zero-order valence-corrected chi connectivity index (χ0v) is 12.8. The van der Waals surface area contributed by atoms with Crippen LogP contribution in [0.3, 0.4) is 0 Å². The lowest BCUT2D eigenvalue weighted by atomic mass is 10.1. The summed E-state index contributed by atoms with van der Waals surface area (Å²) in [6.45, 7) is 4.59. The van der Waals surface area contributed by atoms with Crippen molar-refractivity contribution >= 4 is 21.6 Å². The van der Waals surface area contributed by atoms with E-state index in [1.54, 1.807) is 6.92 Å². The summed E-state index contributed by atoms with van der Waals surface area (Å²) < 4.78 is 26.3. The smallest absolute Gasteiger partial charge is 0.243 e. The van der Waals surface area contributed by atoms with Gasteiger partial charge < -0.3 is 10.2 Å². The largest absolute Gasteiger partial charge is 0.395 e. The molecule has 7 heteroatoms. The first-order valence-corrected chi connectivity index (χ1v) is 7.82. The maximum atomic E-state index is 12.6. The molecule has 0 saturated carbocycles. The third kappa shape index (κ3) is 3.59. The van der Waals surface area contributed by atoms with Crippen LogP contribution in [-0.2, 0) is 16.6 Å². The van der Waals surface area contributed by atoms with Gasteiger partial charge in [-0.15, -0.1) is 6.58 Å². The van der Waals surface area contributed by atoms with Crippen LogP contribution in [0.25, 0.3) is 0 Å². The molecular weight excluding hydrogens is 302 g/mol. The highest BCUT2D eigenvalue weighted by molar-refractivity contribution is 7.89. The molecule has 0 unspecified atom stereocenters. The Morgan fingerprint density at radius 3 is 2.55 bits per heavy atom. The van der Waals surface area contributed by atoms with Crippen LogP contribution >= 0.6 is 11.6 Å². The van der Waals surface area contributed by atoms with E-state index >= 15 is 0 Å². The van der Waals surface area contributed by atoms with E-state index in [1.165, 1.54) is 18.2 Å². The van der Waals surface area contributed by atoms with Gasteiger partial charge in [0.15, 0.2) is 0 Å². The second-order valence-corrected chi connectivity index (χ2v) is 6.56. The third-order valence-electron chi connectivity index (χ3n) is 2.90. The van der Waals surface area contributed by atoms with E-state index in [0.717, 1.165) is 4.31 Å². The van der Waals surface area contributed by atoms with E-state index in [-0.39, 0.29) is 36.2 Å². The molecule has 112 valence electrons. The quantitative estimate of drug-likeness (QED) is 0.743. The molecule has 5 nitrogen and oxygen atoms in total. The Morgan fingerprint density at radius 1 is 1.40 bits per heavy atom. The highest BCUT2D eigenvalue weighted by Crippen LogP contribution is 2.27. The Bertz CT molecular complexity index is 586. The molecule has 0 aliphatic heterocycles. The first kappa shape index (κ1) is 17.1.